The van der Waals surface area contributed by atoms with E-state index >= 15 is 0 Å². The van der Waals surface area contributed by atoms with Gasteiger partial charge in [-0.3, -0.25) is 4.79 Å². The summed E-state index contributed by atoms with van der Waals surface area (Å²) in [6, 6.07) is 5.44. The Bertz CT molecular complexity index is 458. The second-order valence-electron chi connectivity index (χ2n) is 4.61. The van der Waals surface area contributed by atoms with Gasteiger partial charge in [0.2, 0.25) is 0 Å². The minimum absolute atomic E-state index is 0.0427. The average molecular weight is 264 g/mol. The number of hydrogen-bond donors (Lipinski definition) is 2. The summed E-state index contributed by atoms with van der Waals surface area (Å²) in [5, 5.41) is 9.09. The number of anilines is 1. The molecule has 5 heteroatoms. The number of nitrogens with zero attached hydrogens (tertiary/aromatic N) is 1. The summed E-state index contributed by atoms with van der Waals surface area (Å²) in [4.78, 5) is 14.3. The van der Waals surface area contributed by atoms with E-state index in [-0.39, 0.29) is 18.6 Å². The molecular weight excluding hydrogens is 244 g/mol. The van der Waals surface area contributed by atoms with Crippen LogP contribution in [0.2, 0.25) is 0 Å². The number of nitrogen functional groups attached to an aromatic ring is 1. The first-order valence-corrected chi connectivity index (χ1v) is 6.62. The Kier molecular flexibility index (Phi) is 4.27. The molecule has 5 nitrogen and oxygen atoms in total. The Balaban J connectivity index is 2.30. The maximum Gasteiger partial charge on any atom is 0.260 e. The Morgan fingerprint density at radius 3 is 2.84 bits per heavy atom. The van der Waals surface area contributed by atoms with Crippen LogP contribution in [0.15, 0.2) is 18.2 Å². The number of rotatable bonds is 6. The van der Waals surface area contributed by atoms with Crippen LogP contribution < -0.4 is 10.5 Å². The first-order chi connectivity index (χ1) is 9.19. The van der Waals surface area contributed by atoms with Crippen molar-refractivity contribution in [2.24, 2.45) is 0 Å². The third kappa shape index (κ3) is 2.98. The Morgan fingerprint density at radius 2 is 2.26 bits per heavy atom. The number of hydrogen-bond acceptors (Lipinski definition) is 4. The van der Waals surface area contributed by atoms with Crippen LogP contribution in [-0.2, 0) is 0 Å². The molecule has 0 heterocycles. The third-order valence-electron chi connectivity index (χ3n) is 3.16. The first kappa shape index (κ1) is 13.7. The predicted octanol–water partition coefficient (Wildman–Crippen LogP) is 1.26. The molecule has 0 bridgehead atoms. The fraction of sp³-hybridized carbons (Fsp3) is 0.500. The van der Waals surface area contributed by atoms with Gasteiger partial charge in [0.1, 0.15) is 11.3 Å². The normalized spacial score (nSPS) is 14.2. The lowest BCUT2D eigenvalue weighted by molar-refractivity contribution is 0.0704. The van der Waals surface area contributed by atoms with Crippen molar-refractivity contribution >= 4 is 11.6 Å². The van der Waals surface area contributed by atoms with Gasteiger partial charge in [-0.05, 0) is 31.9 Å². The Morgan fingerprint density at radius 1 is 1.53 bits per heavy atom. The quantitative estimate of drug-likeness (QED) is 0.759. The monoisotopic (exact) mass is 264 g/mol. The summed E-state index contributed by atoms with van der Waals surface area (Å²) in [5.74, 6) is 0.356. The fourth-order valence-corrected chi connectivity index (χ4v) is 2.14. The van der Waals surface area contributed by atoms with Crippen LogP contribution in [0.5, 0.6) is 5.75 Å². The lowest BCUT2D eigenvalue weighted by Gasteiger charge is -2.23. The number of aliphatic hydroxyl groups excluding tert-OH is 1. The maximum absolute atomic E-state index is 12.6. The standard InChI is InChI=1S/C14H20N2O3/c1-2-19-12-5-3-4-11(15)13(12)14(18)16(8-9-17)10-6-7-10/h3-5,10,17H,2,6-9,15H2,1H3. The van der Waals surface area contributed by atoms with Crippen molar-refractivity contribution < 1.29 is 14.6 Å². The number of aliphatic hydroxyl groups is 1. The molecule has 3 N–H and O–H groups in total. The van der Waals surface area contributed by atoms with Gasteiger partial charge in [0.25, 0.3) is 5.91 Å². The highest BCUT2D eigenvalue weighted by atomic mass is 16.5. The van der Waals surface area contributed by atoms with E-state index in [0.717, 1.165) is 12.8 Å². The summed E-state index contributed by atoms with van der Waals surface area (Å²) in [6.45, 7) is 2.64. The van der Waals surface area contributed by atoms with Crippen LogP contribution in [-0.4, -0.2) is 41.7 Å². The minimum Gasteiger partial charge on any atom is -0.493 e. The second-order valence-corrected chi connectivity index (χ2v) is 4.61. The number of nitrogens with two attached hydrogens (primary N) is 1. The molecule has 0 aromatic heterocycles. The summed E-state index contributed by atoms with van der Waals surface area (Å²) < 4.78 is 5.48. The van der Waals surface area contributed by atoms with Crippen molar-refractivity contribution in [3.05, 3.63) is 23.8 Å². The van der Waals surface area contributed by atoms with Crippen molar-refractivity contribution in [2.75, 3.05) is 25.5 Å². The highest BCUT2D eigenvalue weighted by Crippen LogP contribution is 2.32. The van der Waals surface area contributed by atoms with Crippen molar-refractivity contribution in [2.45, 2.75) is 25.8 Å². The van der Waals surface area contributed by atoms with Crippen LogP contribution in [0.1, 0.15) is 30.1 Å². The number of benzene rings is 1. The Labute approximate surface area is 113 Å². The largest absolute Gasteiger partial charge is 0.493 e. The molecule has 2 rings (SSSR count). The predicted molar refractivity (Wildman–Crippen MR) is 73.2 cm³/mol. The highest BCUT2D eigenvalue weighted by molar-refractivity contribution is 6.02. The number of carbonyl (C=O) groups excluding carboxylic acids is 1. The van der Waals surface area contributed by atoms with Gasteiger partial charge in [0.15, 0.2) is 0 Å². The summed E-state index contributed by atoms with van der Waals surface area (Å²) in [7, 11) is 0. The van der Waals surface area contributed by atoms with Gasteiger partial charge >= 0.3 is 0 Å². The zero-order chi connectivity index (χ0) is 13.8. The average Bonchev–Trinajstić information content (AvgIpc) is 3.20. The zero-order valence-corrected chi connectivity index (χ0v) is 11.1. The molecule has 1 aromatic carbocycles. The molecule has 1 saturated carbocycles. The van der Waals surface area contributed by atoms with E-state index in [0.29, 0.717) is 30.2 Å². The molecule has 0 aliphatic heterocycles. The fourth-order valence-electron chi connectivity index (χ4n) is 2.14. The van der Waals surface area contributed by atoms with E-state index in [4.69, 9.17) is 15.6 Å². The number of carbonyl (C=O) groups is 1. The van der Waals surface area contributed by atoms with Crippen LogP contribution in [0, 0.1) is 0 Å². The molecule has 0 radical (unpaired) electrons. The molecule has 0 spiro atoms. The van der Waals surface area contributed by atoms with Gasteiger partial charge in [-0.1, -0.05) is 6.07 Å². The molecule has 1 aliphatic carbocycles. The third-order valence-corrected chi connectivity index (χ3v) is 3.16. The van der Waals surface area contributed by atoms with Crippen LogP contribution in [0.25, 0.3) is 0 Å². The zero-order valence-electron chi connectivity index (χ0n) is 11.1. The molecule has 1 aromatic rings. The van der Waals surface area contributed by atoms with Crippen molar-refractivity contribution in [1.82, 2.24) is 4.90 Å². The number of ether oxygens (including phenoxy) is 1. The minimum atomic E-state index is -0.155. The molecule has 0 atom stereocenters. The smallest absolute Gasteiger partial charge is 0.260 e. The van der Waals surface area contributed by atoms with Gasteiger partial charge < -0.3 is 20.5 Å². The van der Waals surface area contributed by atoms with Crippen LogP contribution >= 0.6 is 0 Å². The van der Waals surface area contributed by atoms with E-state index < -0.39 is 0 Å². The molecule has 1 amide bonds. The molecule has 0 unspecified atom stereocenters. The van der Waals surface area contributed by atoms with Crippen LogP contribution in [0.3, 0.4) is 0 Å². The molecule has 104 valence electrons. The van der Waals surface area contributed by atoms with Gasteiger partial charge in [-0.25, -0.2) is 0 Å². The Hall–Kier alpha value is -1.75. The summed E-state index contributed by atoms with van der Waals surface area (Å²) >= 11 is 0. The van der Waals surface area contributed by atoms with Gasteiger partial charge in [-0.15, -0.1) is 0 Å². The maximum atomic E-state index is 12.6. The molecule has 19 heavy (non-hydrogen) atoms. The second kappa shape index (κ2) is 5.93. The molecule has 1 fully saturated rings. The number of amides is 1. The van der Waals surface area contributed by atoms with E-state index in [9.17, 15) is 4.79 Å². The van der Waals surface area contributed by atoms with Gasteiger partial charge in [0, 0.05) is 18.3 Å². The molecule has 1 aliphatic rings. The SMILES string of the molecule is CCOc1cccc(N)c1C(=O)N(CCO)C1CC1. The topological polar surface area (TPSA) is 75.8 Å². The highest BCUT2D eigenvalue weighted by Gasteiger charge is 2.34. The lowest BCUT2D eigenvalue weighted by Crippen LogP contribution is -2.36. The molecular formula is C14H20N2O3. The molecule has 0 saturated heterocycles. The van der Waals surface area contributed by atoms with E-state index in [1.165, 1.54) is 0 Å². The van der Waals surface area contributed by atoms with Crippen LogP contribution in [0.4, 0.5) is 5.69 Å². The van der Waals surface area contributed by atoms with Crippen molar-refractivity contribution in [3.63, 3.8) is 0 Å². The van der Waals surface area contributed by atoms with Crippen molar-refractivity contribution in [3.8, 4) is 5.75 Å². The van der Waals surface area contributed by atoms with Gasteiger partial charge in [-0.2, -0.15) is 0 Å². The first-order valence-electron chi connectivity index (χ1n) is 6.62. The summed E-state index contributed by atoms with van der Waals surface area (Å²) in [6.07, 6.45) is 1.98. The van der Waals surface area contributed by atoms with E-state index in [2.05, 4.69) is 0 Å². The lowest BCUT2D eigenvalue weighted by atomic mass is 10.1. The van der Waals surface area contributed by atoms with Gasteiger partial charge in [0.05, 0.1) is 13.2 Å². The van der Waals surface area contributed by atoms with E-state index in [1.807, 2.05) is 6.92 Å². The van der Waals surface area contributed by atoms with E-state index in [1.54, 1.807) is 23.1 Å². The van der Waals surface area contributed by atoms with Crippen molar-refractivity contribution in [1.29, 1.82) is 0 Å². The summed E-state index contributed by atoms with van der Waals surface area (Å²) in [5.41, 5.74) is 6.74.